The average molecular weight is 140 g/mol. The molecule has 0 fully saturated rings. The number of aromatic nitrogens is 1. The van der Waals surface area contributed by atoms with Crippen LogP contribution < -0.4 is 10.4 Å². The molecule has 2 rings (SSSR count). The molecule has 2 N–H and O–H groups in total. The summed E-state index contributed by atoms with van der Waals surface area (Å²) in [5, 5.41) is 16.5. The van der Waals surface area contributed by atoms with E-state index in [2.05, 4.69) is 15.0 Å². The molecule has 10 heavy (non-hydrogen) atoms. The molecule has 0 atom stereocenters. The van der Waals surface area contributed by atoms with Gasteiger partial charge in [-0.15, -0.1) is 0 Å². The highest BCUT2D eigenvalue weighted by Gasteiger charge is 2.14. The molecule has 0 bridgehead atoms. The van der Waals surface area contributed by atoms with Gasteiger partial charge in [-0.25, -0.2) is 0 Å². The van der Waals surface area contributed by atoms with Crippen LogP contribution in [0.1, 0.15) is 11.3 Å². The topological polar surface area (TPSA) is 65.7 Å². The second-order valence-corrected chi connectivity index (χ2v) is 2.43. The Kier molecular flexibility index (Phi) is 1.14. The summed E-state index contributed by atoms with van der Waals surface area (Å²) in [6.45, 7) is 1.75. The van der Waals surface area contributed by atoms with Gasteiger partial charge >= 0.3 is 0 Å². The van der Waals surface area contributed by atoms with Crippen LogP contribution in [0.4, 0.5) is 0 Å². The molecule has 0 saturated heterocycles. The number of fused-ring (bicyclic) bond motifs is 1. The van der Waals surface area contributed by atoms with E-state index in [0.29, 0.717) is 0 Å². The number of hydrogen-bond acceptors (Lipinski definition) is 3. The molecule has 4 heteroatoms. The van der Waals surface area contributed by atoms with Crippen molar-refractivity contribution in [3.63, 3.8) is 0 Å². The molecule has 0 radical (unpaired) electrons. The first-order valence-electron chi connectivity index (χ1n) is 3.34. The molecular formula is C6H8N2O2. The van der Waals surface area contributed by atoms with Crippen LogP contribution in [0.25, 0.3) is 0 Å². The van der Waals surface area contributed by atoms with Gasteiger partial charge in [-0.1, -0.05) is 0 Å². The van der Waals surface area contributed by atoms with Crippen molar-refractivity contribution >= 4 is 0 Å². The maximum atomic E-state index is 10.8. The van der Waals surface area contributed by atoms with E-state index in [1.165, 1.54) is 0 Å². The molecule has 0 aliphatic carbocycles. The van der Waals surface area contributed by atoms with E-state index < -0.39 is 0 Å². The van der Waals surface area contributed by atoms with Crippen molar-refractivity contribution in [2.24, 2.45) is 0 Å². The molecule has 54 valence electrons. The molecule has 1 aliphatic rings. The minimum atomic E-state index is -0.258. The summed E-state index contributed by atoms with van der Waals surface area (Å²) in [4.78, 5) is 0. The maximum Gasteiger partial charge on any atom is 0.105 e. The van der Waals surface area contributed by atoms with E-state index in [0.717, 1.165) is 30.8 Å². The lowest BCUT2D eigenvalue weighted by Gasteiger charge is -2.08. The normalized spacial score (nSPS) is 16.8. The van der Waals surface area contributed by atoms with Gasteiger partial charge in [0.05, 0.1) is 23.7 Å². The fourth-order valence-corrected chi connectivity index (χ4v) is 1.21. The van der Waals surface area contributed by atoms with Crippen molar-refractivity contribution < 1.29 is 14.9 Å². The Labute approximate surface area is 57.8 Å². The van der Waals surface area contributed by atoms with Crippen LogP contribution in [0.3, 0.4) is 0 Å². The van der Waals surface area contributed by atoms with Gasteiger partial charge in [0, 0.05) is 6.42 Å². The summed E-state index contributed by atoms with van der Waals surface area (Å²) in [7, 11) is 0. The van der Waals surface area contributed by atoms with Crippen molar-refractivity contribution in [2.45, 2.75) is 13.0 Å². The summed E-state index contributed by atoms with van der Waals surface area (Å²) in [6, 6.07) is 0. The zero-order valence-electron chi connectivity index (χ0n) is 5.46. The second-order valence-electron chi connectivity index (χ2n) is 2.43. The van der Waals surface area contributed by atoms with E-state index >= 15 is 0 Å². The largest absolute Gasteiger partial charge is 0.544 e. The van der Waals surface area contributed by atoms with Crippen molar-refractivity contribution in [2.75, 3.05) is 6.54 Å². The average Bonchev–Trinajstić information content (AvgIpc) is 2.34. The van der Waals surface area contributed by atoms with Gasteiger partial charge in [-0.2, -0.15) is 5.16 Å². The Morgan fingerprint density at radius 1 is 1.60 bits per heavy atom. The number of rotatable bonds is 0. The first-order chi connectivity index (χ1) is 4.88. The van der Waals surface area contributed by atoms with E-state index in [-0.39, 0.29) is 5.95 Å². The summed E-state index contributed by atoms with van der Waals surface area (Å²) < 4.78 is 4.49. The van der Waals surface area contributed by atoms with Crippen molar-refractivity contribution in [1.82, 2.24) is 5.16 Å². The van der Waals surface area contributed by atoms with Gasteiger partial charge in [-0.05, 0) is 0 Å². The number of quaternary nitrogens is 1. The Morgan fingerprint density at radius 3 is 3.30 bits per heavy atom. The van der Waals surface area contributed by atoms with Crippen LogP contribution in [-0.2, 0) is 13.0 Å². The predicted octanol–water partition coefficient (Wildman–Crippen LogP) is -1.63. The van der Waals surface area contributed by atoms with Crippen molar-refractivity contribution in [1.29, 1.82) is 0 Å². The van der Waals surface area contributed by atoms with Crippen LogP contribution in [0, 0.1) is 0 Å². The van der Waals surface area contributed by atoms with E-state index in [1.807, 2.05) is 0 Å². The number of nitrogens with two attached hydrogens (primary N) is 1. The lowest BCUT2D eigenvalue weighted by Crippen LogP contribution is -2.84. The maximum absolute atomic E-state index is 10.8. The van der Waals surface area contributed by atoms with Crippen LogP contribution in [0.5, 0.6) is 5.95 Å². The Hall–Kier alpha value is -1.03. The minimum Gasteiger partial charge on any atom is -0.544 e. The summed E-state index contributed by atoms with van der Waals surface area (Å²) in [5.74, 6) is -0.258. The smallest absolute Gasteiger partial charge is 0.105 e. The Bertz CT molecular complexity index is 244. The molecule has 2 heterocycles. The molecule has 0 spiro atoms. The van der Waals surface area contributed by atoms with Crippen LogP contribution in [0.2, 0.25) is 0 Å². The predicted molar refractivity (Wildman–Crippen MR) is 30.1 cm³/mol. The van der Waals surface area contributed by atoms with Crippen molar-refractivity contribution in [3.05, 3.63) is 11.3 Å². The highest BCUT2D eigenvalue weighted by Crippen LogP contribution is 2.17. The van der Waals surface area contributed by atoms with Gasteiger partial charge in [-0.3, -0.25) is 0 Å². The Balaban J connectivity index is 2.45. The number of hydrogen-bond donors (Lipinski definition) is 1. The van der Waals surface area contributed by atoms with Crippen LogP contribution >= 0.6 is 0 Å². The molecule has 4 nitrogen and oxygen atoms in total. The fraction of sp³-hybridized carbons (Fsp3) is 0.500. The highest BCUT2D eigenvalue weighted by molar-refractivity contribution is 5.25. The second kappa shape index (κ2) is 1.98. The molecule has 1 aliphatic heterocycles. The van der Waals surface area contributed by atoms with Gasteiger partial charge in [0.15, 0.2) is 0 Å². The standard InChI is InChI=1S/C6H8N2O2/c9-6-4-3-7-2-1-5(4)8-10-6/h7,9H,1-3H2. The molecule has 0 unspecified atom stereocenters. The molecule has 1 aromatic rings. The third-order valence-electron chi connectivity index (χ3n) is 1.77. The molecule has 1 aromatic heterocycles. The first kappa shape index (κ1) is 5.73. The minimum absolute atomic E-state index is 0.258. The molecule has 0 aromatic carbocycles. The first-order valence-corrected chi connectivity index (χ1v) is 3.34. The van der Waals surface area contributed by atoms with Gasteiger partial charge in [0.1, 0.15) is 6.54 Å². The van der Waals surface area contributed by atoms with Crippen LogP contribution in [0.15, 0.2) is 4.52 Å². The third kappa shape index (κ3) is 0.690. The summed E-state index contributed by atoms with van der Waals surface area (Å²) in [6.07, 6.45) is 0.862. The quantitative estimate of drug-likeness (QED) is 0.470. The third-order valence-corrected chi connectivity index (χ3v) is 1.77. The number of nitrogens with zero attached hydrogens (tertiary/aromatic N) is 1. The van der Waals surface area contributed by atoms with E-state index in [9.17, 15) is 5.11 Å². The van der Waals surface area contributed by atoms with Gasteiger partial charge in [0.2, 0.25) is 0 Å². The van der Waals surface area contributed by atoms with E-state index in [4.69, 9.17) is 0 Å². The highest BCUT2D eigenvalue weighted by atomic mass is 16.5. The zero-order valence-corrected chi connectivity index (χ0v) is 5.46. The van der Waals surface area contributed by atoms with Crippen LogP contribution in [-0.4, -0.2) is 11.7 Å². The van der Waals surface area contributed by atoms with Gasteiger partial charge < -0.3 is 14.9 Å². The van der Waals surface area contributed by atoms with Gasteiger partial charge in [0.25, 0.3) is 0 Å². The Morgan fingerprint density at radius 2 is 2.50 bits per heavy atom. The summed E-state index contributed by atoms with van der Waals surface area (Å²) in [5.41, 5.74) is 1.61. The lowest BCUT2D eigenvalue weighted by molar-refractivity contribution is -0.673. The molecular weight excluding hydrogens is 132 g/mol. The van der Waals surface area contributed by atoms with E-state index in [1.54, 1.807) is 0 Å². The monoisotopic (exact) mass is 140 g/mol. The zero-order chi connectivity index (χ0) is 6.97. The summed E-state index contributed by atoms with van der Waals surface area (Å²) >= 11 is 0. The molecule has 0 amide bonds. The fourth-order valence-electron chi connectivity index (χ4n) is 1.21. The van der Waals surface area contributed by atoms with Crippen molar-refractivity contribution in [3.8, 4) is 5.95 Å². The molecule has 0 saturated carbocycles. The lowest BCUT2D eigenvalue weighted by atomic mass is 10.1. The SMILES string of the molecule is [O-]c1onc2c1C[NH2+]CC2.